The highest BCUT2D eigenvalue weighted by molar-refractivity contribution is 6.52. The average Bonchev–Trinajstić information content (AvgIpc) is 3.40. The summed E-state index contributed by atoms with van der Waals surface area (Å²) < 4.78 is 5.82. The van der Waals surface area contributed by atoms with Gasteiger partial charge in [0.05, 0.1) is 18.2 Å². The smallest absolute Gasteiger partial charge is 0.300 e. The van der Waals surface area contributed by atoms with Crippen LogP contribution in [0, 0.1) is 20.8 Å². The third-order valence-electron chi connectivity index (χ3n) is 7.57. The Bertz CT molecular complexity index is 1580. The van der Waals surface area contributed by atoms with Crippen LogP contribution in [0.2, 0.25) is 0 Å². The number of anilines is 1. The van der Waals surface area contributed by atoms with Gasteiger partial charge in [-0.1, -0.05) is 44.0 Å². The number of aromatic nitrogens is 1. The SMILES string of the molecule is CCCCCOc1ccc(/C(O)=C2\C(=O)C(=O)N(c3ccc(C)c(C)c3)C2c2c(C)[nH]c3ccccc23)cc1. The van der Waals surface area contributed by atoms with Crippen molar-refractivity contribution in [2.75, 3.05) is 11.5 Å². The maximum atomic E-state index is 13.6. The van der Waals surface area contributed by atoms with Crippen LogP contribution < -0.4 is 9.64 Å². The Morgan fingerprint density at radius 2 is 1.69 bits per heavy atom. The molecular formula is C33H34N2O4. The standard InChI is InChI=1S/C33H34N2O4/c1-5-6-9-18-39-25-16-13-23(14-17-25)31(36)29-30(28-22(4)34-27-11-8-7-10-26(27)28)35(33(38)32(29)37)24-15-12-20(2)21(3)19-24/h7-8,10-17,19,30,34,36H,5-6,9,18H2,1-4H3/b31-29+. The summed E-state index contributed by atoms with van der Waals surface area (Å²) in [6, 6.07) is 19.8. The van der Waals surface area contributed by atoms with Crippen molar-refractivity contribution in [2.24, 2.45) is 0 Å². The number of aryl methyl sites for hydroxylation is 3. The monoisotopic (exact) mass is 522 g/mol. The van der Waals surface area contributed by atoms with E-state index in [0.29, 0.717) is 23.6 Å². The third kappa shape index (κ3) is 4.83. The van der Waals surface area contributed by atoms with Gasteiger partial charge in [0.25, 0.3) is 11.7 Å². The molecule has 200 valence electrons. The highest BCUT2D eigenvalue weighted by Gasteiger charge is 2.48. The molecule has 1 aliphatic rings. The minimum atomic E-state index is -0.798. The van der Waals surface area contributed by atoms with Crippen LogP contribution in [0.15, 0.2) is 72.3 Å². The van der Waals surface area contributed by atoms with Crippen molar-refractivity contribution < 1.29 is 19.4 Å². The number of aliphatic hydroxyl groups is 1. The van der Waals surface area contributed by atoms with Gasteiger partial charge in [0, 0.05) is 33.4 Å². The molecule has 3 aromatic carbocycles. The number of H-pyrrole nitrogens is 1. The van der Waals surface area contributed by atoms with Crippen LogP contribution in [-0.2, 0) is 9.59 Å². The number of carbonyl (C=O) groups is 2. The first-order chi connectivity index (χ1) is 18.8. The minimum absolute atomic E-state index is 0.0719. The van der Waals surface area contributed by atoms with Crippen LogP contribution in [0.25, 0.3) is 16.7 Å². The van der Waals surface area contributed by atoms with E-state index in [1.807, 2.05) is 63.2 Å². The van der Waals surface area contributed by atoms with Crippen LogP contribution in [0.3, 0.4) is 0 Å². The summed E-state index contributed by atoms with van der Waals surface area (Å²) in [6.45, 7) is 8.69. The van der Waals surface area contributed by atoms with Gasteiger partial charge in [0.1, 0.15) is 11.5 Å². The lowest BCUT2D eigenvalue weighted by atomic mass is 9.93. The number of benzene rings is 3. The molecule has 4 aromatic rings. The number of para-hydroxylation sites is 1. The predicted octanol–water partition coefficient (Wildman–Crippen LogP) is 7.29. The minimum Gasteiger partial charge on any atom is -0.507 e. The lowest BCUT2D eigenvalue weighted by Gasteiger charge is -2.26. The number of nitrogens with zero attached hydrogens (tertiary/aromatic N) is 1. The fourth-order valence-electron chi connectivity index (χ4n) is 5.30. The maximum absolute atomic E-state index is 13.6. The number of unbranched alkanes of at least 4 members (excludes halogenated alkanes) is 2. The molecule has 0 spiro atoms. The average molecular weight is 523 g/mol. The Morgan fingerprint density at radius 3 is 2.41 bits per heavy atom. The molecule has 6 nitrogen and oxygen atoms in total. The summed E-state index contributed by atoms with van der Waals surface area (Å²) in [5, 5.41) is 12.5. The molecule has 5 rings (SSSR count). The lowest BCUT2D eigenvalue weighted by molar-refractivity contribution is -0.132. The number of ketones is 1. The summed E-state index contributed by atoms with van der Waals surface area (Å²) in [7, 11) is 0. The van der Waals surface area contributed by atoms with E-state index < -0.39 is 17.7 Å². The molecule has 1 atom stereocenters. The van der Waals surface area contributed by atoms with E-state index in [0.717, 1.165) is 52.5 Å². The second kappa shape index (κ2) is 10.8. The quantitative estimate of drug-likeness (QED) is 0.110. The summed E-state index contributed by atoms with van der Waals surface area (Å²) >= 11 is 0. The van der Waals surface area contributed by atoms with E-state index in [1.54, 1.807) is 24.3 Å². The molecule has 0 radical (unpaired) electrons. The van der Waals surface area contributed by atoms with Crippen molar-refractivity contribution in [3.05, 3.63) is 100 Å². The molecule has 0 saturated carbocycles. The first-order valence-corrected chi connectivity index (χ1v) is 13.5. The van der Waals surface area contributed by atoms with E-state index in [1.165, 1.54) is 4.90 Å². The van der Waals surface area contributed by atoms with Crippen LogP contribution in [0.4, 0.5) is 5.69 Å². The van der Waals surface area contributed by atoms with Crippen molar-refractivity contribution in [3.8, 4) is 5.75 Å². The van der Waals surface area contributed by atoms with Crippen LogP contribution in [0.1, 0.15) is 60.2 Å². The number of ether oxygens (including phenoxy) is 1. The number of fused-ring (bicyclic) bond motifs is 1. The molecule has 1 amide bonds. The van der Waals surface area contributed by atoms with E-state index >= 15 is 0 Å². The number of Topliss-reactive ketones (excluding diaryl/α,β-unsaturated/α-hetero) is 1. The van der Waals surface area contributed by atoms with E-state index in [9.17, 15) is 14.7 Å². The third-order valence-corrected chi connectivity index (χ3v) is 7.57. The summed E-state index contributed by atoms with van der Waals surface area (Å²) in [5.41, 5.74) is 5.77. The van der Waals surface area contributed by atoms with Crippen molar-refractivity contribution in [2.45, 2.75) is 53.0 Å². The molecule has 1 saturated heterocycles. The van der Waals surface area contributed by atoms with Gasteiger partial charge in [-0.25, -0.2) is 0 Å². The zero-order valence-corrected chi connectivity index (χ0v) is 22.9. The Balaban J connectivity index is 1.64. The molecular weight excluding hydrogens is 488 g/mol. The molecule has 1 aromatic heterocycles. The highest BCUT2D eigenvalue weighted by Crippen LogP contribution is 2.45. The van der Waals surface area contributed by atoms with E-state index in [4.69, 9.17) is 4.74 Å². The van der Waals surface area contributed by atoms with Crippen molar-refractivity contribution in [3.63, 3.8) is 0 Å². The second-order valence-corrected chi connectivity index (χ2v) is 10.2. The topological polar surface area (TPSA) is 82.6 Å². The van der Waals surface area contributed by atoms with Crippen LogP contribution >= 0.6 is 0 Å². The van der Waals surface area contributed by atoms with Crippen molar-refractivity contribution in [1.82, 2.24) is 4.98 Å². The number of aromatic amines is 1. The second-order valence-electron chi connectivity index (χ2n) is 10.2. The van der Waals surface area contributed by atoms with Gasteiger partial charge in [0.15, 0.2) is 0 Å². The van der Waals surface area contributed by atoms with Gasteiger partial charge in [-0.15, -0.1) is 0 Å². The number of hydrogen-bond donors (Lipinski definition) is 2. The van der Waals surface area contributed by atoms with Crippen molar-refractivity contribution in [1.29, 1.82) is 0 Å². The number of aliphatic hydroxyl groups excluding tert-OH is 1. The number of rotatable bonds is 8. The van der Waals surface area contributed by atoms with Gasteiger partial charge in [-0.3, -0.25) is 14.5 Å². The van der Waals surface area contributed by atoms with E-state index in [-0.39, 0.29) is 11.3 Å². The molecule has 39 heavy (non-hydrogen) atoms. The van der Waals surface area contributed by atoms with E-state index in [2.05, 4.69) is 11.9 Å². The summed E-state index contributed by atoms with van der Waals surface area (Å²) in [6.07, 6.45) is 3.20. The van der Waals surface area contributed by atoms with Crippen LogP contribution in [0.5, 0.6) is 5.75 Å². The Morgan fingerprint density at radius 1 is 0.949 bits per heavy atom. The zero-order valence-electron chi connectivity index (χ0n) is 22.9. The fraction of sp³-hybridized carbons (Fsp3) is 0.273. The number of nitrogens with one attached hydrogen (secondary N) is 1. The first-order valence-electron chi connectivity index (χ1n) is 13.5. The molecule has 1 fully saturated rings. The largest absolute Gasteiger partial charge is 0.507 e. The number of carbonyl (C=O) groups excluding carboxylic acids is 2. The maximum Gasteiger partial charge on any atom is 0.300 e. The number of amides is 1. The highest BCUT2D eigenvalue weighted by atomic mass is 16.5. The Labute approximate surface area is 228 Å². The molecule has 0 aliphatic carbocycles. The fourth-order valence-corrected chi connectivity index (χ4v) is 5.30. The molecule has 1 unspecified atom stereocenters. The summed E-state index contributed by atoms with van der Waals surface area (Å²) in [4.78, 5) is 32.2. The molecule has 2 N–H and O–H groups in total. The Hall–Kier alpha value is -4.32. The Kier molecular flexibility index (Phi) is 7.29. The molecule has 6 heteroatoms. The van der Waals surface area contributed by atoms with Gasteiger partial charge in [-0.05, 0) is 80.8 Å². The lowest BCUT2D eigenvalue weighted by Crippen LogP contribution is -2.29. The van der Waals surface area contributed by atoms with Gasteiger partial charge >= 0.3 is 0 Å². The molecule has 2 heterocycles. The van der Waals surface area contributed by atoms with Gasteiger partial charge in [-0.2, -0.15) is 0 Å². The van der Waals surface area contributed by atoms with Crippen molar-refractivity contribution >= 4 is 34.0 Å². The zero-order chi connectivity index (χ0) is 27.7. The molecule has 1 aliphatic heterocycles. The first kappa shape index (κ1) is 26.3. The summed E-state index contributed by atoms with van der Waals surface area (Å²) in [5.74, 6) is -0.875. The molecule has 0 bridgehead atoms. The van der Waals surface area contributed by atoms with Crippen LogP contribution in [-0.4, -0.2) is 28.4 Å². The normalized spacial score (nSPS) is 16.8. The van der Waals surface area contributed by atoms with Gasteiger partial charge in [0.2, 0.25) is 0 Å². The predicted molar refractivity (Wildman–Crippen MR) is 155 cm³/mol. The number of hydrogen-bond acceptors (Lipinski definition) is 4. The van der Waals surface area contributed by atoms with Gasteiger partial charge < -0.3 is 14.8 Å².